The van der Waals surface area contributed by atoms with Crippen LogP contribution in [0.4, 0.5) is 8.78 Å². The van der Waals surface area contributed by atoms with E-state index in [1.165, 1.54) is 12.1 Å². The maximum Gasteiger partial charge on any atom is 0.227 e. The van der Waals surface area contributed by atoms with Gasteiger partial charge in [-0.25, -0.2) is 8.78 Å². The minimum absolute atomic E-state index is 0.0839. The molecule has 104 valence electrons. The van der Waals surface area contributed by atoms with Crippen molar-refractivity contribution in [2.45, 2.75) is 26.3 Å². The molecule has 0 bridgehead atoms. The van der Waals surface area contributed by atoms with E-state index in [4.69, 9.17) is 0 Å². The lowest BCUT2D eigenvalue weighted by atomic mass is 9.82. The summed E-state index contributed by atoms with van der Waals surface area (Å²) in [6, 6.07) is 3.37. The number of rotatable bonds is 3. The van der Waals surface area contributed by atoms with E-state index >= 15 is 0 Å². The lowest BCUT2D eigenvalue weighted by molar-refractivity contribution is -0.131. The quantitative estimate of drug-likeness (QED) is 0.880. The summed E-state index contributed by atoms with van der Waals surface area (Å²) >= 11 is 0. The van der Waals surface area contributed by atoms with Crippen molar-refractivity contribution >= 4 is 5.91 Å². The molecule has 0 radical (unpaired) electrons. The summed E-state index contributed by atoms with van der Waals surface area (Å²) in [6.45, 7) is 3.54. The second-order valence-corrected chi connectivity index (χ2v) is 5.26. The van der Waals surface area contributed by atoms with Crippen molar-refractivity contribution in [3.63, 3.8) is 0 Å². The van der Waals surface area contributed by atoms with Crippen LogP contribution in [0.1, 0.15) is 25.3 Å². The molecule has 1 unspecified atom stereocenters. The van der Waals surface area contributed by atoms with Gasteiger partial charge in [0.2, 0.25) is 5.91 Å². The number of carbonyl (C=O) groups is 1. The SMILES string of the molecule is CC1(C(=O)NCc2ccc(F)cc2F)CCCNC1. The standard InChI is InChI=1S/C14H18F2N2O/c1-14(5-2-6-17-9-14)13(19)18-8-10-3-4-11(15)7-12(10)16/h3-4,7,17H,2,5-6,8-9H2,1H3,(H,18,19). The molecule has 0 aromatic heterocycles. The fourth-order valence-corrected chi connectivity index (χ4v) is 2.30. The first-order chi connectivity index (χ1) is 9.01. The number of amides is 1. The number of halogens is 2. The number of nitrogens with one attached hydrogen (secondary N) is 2. The van der Waals surface area contributed by atoms with Crippen LogP contribution in [0.5, 0.6) is 0 Å². The van der Waals surface area contributed by atoms with Crippen LogP contribution in [0, 0.1) is 17.0 Å². The summed E-state index contributed by atoms with van der Waals surface area (Å²) in [5.41, 5.74) is -0.156. The third-order valence-corrected chi connectivity index (χ3v) is 3.60. The first kappa shape index (κ1) is 13.9. The lowest BCUT2D eigenvalue weighted by Gasteiger charge is -2.32. The molecule has 0 saturated carbocycles. The van der Waals surface area contributed by atoms with E-state index in [1.54, 1.807) is 0 Å². The summed E-state index contributed by atoms with van der Waals surface area (Å²) in [6.07, 6.45) is 1.77. The Hall–Kier alpha value is -1.49. The van der Waals surface area contributed by atoms with Crippen molar-refractivity contribution < 1.29 is 13.6 Å². The third kappa shape index (κ3) is 3.29. The predicted octanol–water partition coefficient (Wildman–Crippen LogP) is 1.97. The monoisotopic (exact) mass is 268 g/mol. The molecule has 3 nitrogen and oxygen atoms in total. The molecule has 0 spiro atoms. The zero-order chi connectivity index (χ0) is 13.9. The van der Waals surface area contributed by atoms with Crippen LogP contribution in [0.2, 0.25) is 0 Å². The molecule has 1 aliphatic heterocycles. The molecule has 1 aromatic rings. The summed E-state index contributed by atoms with van der Waals surface area (Å²) in [4.78, 5) is 12.1. The van der Waals surface area contributed by atoms with E-state index in [-0.39, 0.29) is 12.5 Å². The highest BCUT2D eigenvalue weighted by atomic mass is 19.1. The van der Waals surface area contributed by atoms with Gasteiger partial charge in [-0.2, -0.15) is 0 Å². The minimum atomic E-state index is -0.632. The van der Waals surface area contributed by atoms with Crippen molar-refractivity contribution in [2.75, 3.05) is 13.1 Å². The van der Waals surface area contributed by atoms with Crippen molar-refractivity contribution in [2.24, 2.45) is 5.41 Å². The maximum absolute atomic E-state index is 13.4. The molecule has 5 heteroatoms. The van der Waals surface area contributed by atoms with Crippen molar-refractivity contribution in [1.29, 1.82) is 0 Å². The fourth-order valence-electron chi connectivity index (χ4n) is 2.30. The Bertz CT molecular complexity index is 471. The summed E-state index contributed by atoms with van der Waals surface area (Å²) in [5, 5.41) is 5.92. The Kier molecular flexibility index (Phi) is 4.14. The predicted molar refractivity (Wildman–Crippen MR) is 68.4 cm³/mol. The largest absolute Gasteiger partial charge is 0.351 e. The molecule has 19 heavy (non-hydrogen) atoms. The molecule has 1 atom stereocenters. The highest BCUT2D eigenvalue weighted by Gasteiger charge is 2.34. The Balaban J connectivity index is 1.96. The summed E-state index contributed by atoms with van der Waals surface area (Å²) < 4.78 is 26.2. The molecule has 2 N–H and O–H groups in total. The highest BCUT2D eigenvalue weighted by molar-refractivity contribution is 5.82. The van der Waals surface area contributed by atoms with Crippen molar-refractivity contribution in [3.05, 3.63) is 35.4 Å². The van der Waals surface area contributed by atoms with Gasteiger partial charge in [-0.15, -0.1) is 0 Å². The number of hydrogen-bond acceptors (Lipinski definition) is 2. The molecule has 1 amide bonds. The van der Waals surface area contributed by atoms with E-state index in [9.17, 15) is 13.6 Å². The molecule has 1 fully saturated rings. The summed E-state index contributed by atoms with van der Waals surface area (Å²) in [7, 11) is 0. The molecule has 2 rings (SSSR count). The number of piperidine rings is 1. The molecule has 1 aliphatic rings. The van der Waals surface area contributed by atoms with Gasteiger partial charge in [0.15, 0.2) is 0 Å². The second kappa shape index (κ2) is 5.65. The Morgan fingerprint density at radius 1 is 1.47 bits per heavy atom. The zero-order valence-electron chi connectivity index (χ0n) is 10.9. The average Bonchev–Trinajstić information content (AvgIpc) is 2.38. The van der Waals surface area contributed by atoms with Crippen LogP contribution in [-0.4, -0.2) is 19.0 Å². The number of benzene rings is 1. The van der Waals surface area contributed by atoms with Crippen LogP contribution in [-0.2, 0) is 11.3 Å². The molecular weight excluding hydrogens is 250 g/mol. The third-order valence-electron chi connectivity index (χ3n) is 3.60. The van der Waals surface area contributed by atoms with Crippen molar-refractivity contribution in [1.82, 2.24) is 10.6 Å². The van der Waals surface area contributed by atoms with Gasteiger partial charge in [-0.3, -0.25) is 4.79 Å². The average molecular weight is 268 g/mol. The number of hydrogen-bond donors (Lipinski definition) is 2. The molecule has 1 saturated heterocycles. The van der Waals surface area contributed by atoms with Crippen LogP contribution in [0.15, 0.2) is 18.2 Å². The highest BCUT2D eigenvalue weighted by Crippen LogP contribution is 2.25. The van der Waals surface area contributed by atoms with Crippen LogP contribution in [0.3, 0.4) is 0 Å². The summed E-state index contributed by atoms with van der Waals surface area (Å²) in [5.74, 6) is -1.34. The van der Waals surface area contributed by atoms with Crippen LogP contribution in [0.25, 0.3) is 0 Å². The molecule has 0 aliphatic carbocycles. The Morgan fingerprint density at radius 2 is 2.26 bits per heavy atom. The van der Waals surface area contributed by atoms with Gasteiger partial charge >= 0.3 is 0 Å². The fraction of sp³-hybridized carbons (Fsp3) is 0.500. The second-order valence-electron chi connectivity index (χ2n) is 5.26. The minimum Gasteiger partial charge on any atom is -0.351 e. The van der Waals surface area contributed by atoms with E-state index < -0.39 is 17.0 Å². The van der Waals surface area contributed by atoms with Gasteiger partial charge in [0.1, 0.15) is 11.6 Å². The van der Waals surface area contributed by atoms with Crippen LogP contribution < -0.4 is 10.6 Å². The Labute approximate surface area is 111 Å². The van der Waals surface area contributed by atoms with E-state index in [0.717, 1.165) is 25.5 Å². The van der Waals surface area contributed by atoms with Gasteiger partial charge in [0.05, 0.1) is 5.41 Å². The van der Waals surface area contributed by atoms with Gasteiger partial charge in [-0.05, 0) is 32.4 Å². The smallest absolute Gasteiger partial charge is 0.227 e. The van der Waals surface area contributed by atoms with Crippen LogP contribution >= 0.6 is 0 Å². The Morgan fingerprint density at radius 3 is 2.89 bits per heavy atom. The van der Waals surface area contributed by atoms with Crippen molar-refractivity contribution in [3.8, 4) is 0 Å². The van der Waals surface area contributed by atoms with Gasteiger partial charge < -0.3 is 10.6 Å². The first-order valence-electron chi connectivity index (χ1n) is 6.44. The number of carbonyl (C=O) groups excluding carboxylic acids is 1. The zero-order valence-corrected chi connectivity index (χ0v) is 10.9. The molecular formula is C14H18F2N2O. The van der Waals surface area contributed by atoms with E-state index in [2.05, 4.69) is 10.6 Å². The first-order valence-corrected chi connectivity index (χ1v) is 6.44. The van der Waals surface area contributed by atoms with E-state index in [1.807, 2.05) is 6.92 Å². The van der Waals surface area contributed by atoms with E-state index in [0.29, 0.717) is 12.1 Å². The molecule has 1 heterocycles. The van der Waals surface area contributed by atoms with Gasteiger partial charge in [-0.1, -0.05) is 6.07 Å². The van der Waals surface area contributed by atoms with Gasteiger partial charge in [0, 0.05) is 24.7 Å². The normalized spacial score (nSPS) is 23.1. The lowest BCUT2D eigenvalue weighted by Crippen LogP contribution is -2.48. The molecule has 1 aromatic carbocycles. The topological polar surface area (TPSA) is 41.1 Å². The van der Waals surface area contributed by atoms with Gasteiger partial charge in [0.25, 0.3) is 0 Å². The maximum atomic E-state index is 13.4.